The van der Waals surface area contributed by atoms with E-state index in [0.29, 0.717) is 0 Å². The lowest BCUT2D eigenvalue weighted by Gasteiger charge is -2.31. The van der Waals surface area contributed by atoms with Gasteiger partial charge in [-0.1, -0.05) is 37.3 Å². The first-order chi connectivity index (χ1) is 12.3. The largest absolute Gasteiger partial charge is 0.341 e. The van der Waals surface area contributed by atoms with Gasteiger partial charge in [-0.25, -0.2) is 0 Å². The first kappa shape index (κ1) is 15.8. The average molecular weight is 333 g/mol. The van der Waals surface area contributed by atoms with Crippen LogP contribution >= 0.6 is 0 Å². The van der Waals surface area contributed by atoms with Crippen molar-refractivity contribution in [3.63, 3.8) is 0 Å². The second-order valence-electron chi connectivity index (χ2n) is 6.81. The minimum Gasteiger partial charge on any atom is -0.341 e. The highest BCUT2D eigenvalue weighted by molar-refractivity contribution is 5.56. The van der Waals surface area contributed by atoms with Crippen LogP contribution in [0.25, 0.3) is 11.4 Å². The zero-order valence-electron chi connectivity index (χ0n) is 14.5. The average Bonchev–Trinajstić information content (AvgIpc) is 3.07. The van der Waals surface area contributed by atoms with Crippen molar-refractivity contribution in [1.82, 2.24) is 19.7 Å². The standard InChI is InChI=1S/C20H23N5/c1-16-9-12-24(13-10-16)20-23-22-19(18-8-5-11-21-14-18)25(20)15-17-6-3-2-4-7-17/h2-8,11,14,16H,9-10,12-13,15H2,1H3. The Bertz CT molecular complexity index is 805. The van der Waals surface area contributed by atoms with Gasteiger partial charge in [0.15, 0.2) is 5.82 Å². The summed E-state index contributed by atoms with van der Waals surface area (Å²) in [6, 6.07) is 14.5. The summed E-state index contributed by atoms with van der Waals surface area (Å²) in [6.07, 6.45) is 6.06. The highest BCUT2D eigenvalue weighted by atomic mass is 15.4. The molecule has 0 amide bonds. The lowest BCUT2D eigenvalue weighted by molar-refractivity contribution is 0.431. The minimum atomic E-state index is 0.763. The second-order valence-corrected chi connectivity index (χ2v) is 6.81. The molecule has 1 fully saturated rings. The Balaban J connectivity index is 1.72. The molecule has 128 valence electrons. The van der Waals surface area contributed by atoms with Crippen LogP contribution in [0.2, 0.25) is 0 Å². The molecule has 3 aromatic rings. The predicted octanol–water partition coefficient (Wildman–Crippen LogP) is 3.62. The second kappa shape index (κ2) is 7.05. The third-order valence-corrected chi connectivity index (χ3v) is 4.90. The van der Waals surface area contributed by atoms with Crippen LogP contribution in [0.4, 0.5) is 5.95 Å². The van der Waals surface area contributed by atoms with Crippen LogP contribution in [0.15, 0.2) is 54.9 Å². The molecule has 0 N–H and O–H groups in total. The van der Waals surface area contributed by atoms with Crippen molar-refractivity contribution in [3.05, 3.63) is 60.4 Å². The maximum Gasteiger partial charge on any atom is 0.227 e. The van der Waals surface area contributed by atoms with Crippen molar-refractivity contribution < 1.29 is 0 Å². The smallest absolute Gasteiger partial charge is 0.227 e. The third kappa shape index (κ3) is 3.40. The first-order valence-electron chi connectivity index (χ1n) is 8.94. The molecule has 2 aromatic heterocycles. The van der Waals surface area contributed by atoms with Crippen LogP contribution in [0.1, 0.15) is 25.3 Å². The van der Waals surface area contributed by atoms with E-state index in [0.717, 1.165) is 42.9 Å². The molecule has 0 atom stereocenters. The Morgan fingerprint density at radius 3 is 2.52 bits per heavy atom. The predicted molar refractivity (Wildman–Crippen MR) is 99.4 cm³/mol. The van der Waals surface area contributed by atoms with E-state index < -0.39 is 0 Å². The van der Waals surface area contributed by atoms with Crippen molar-refractivity contribution in [2.75, 3.05) is 18.0 Å². The van der Waals surface area contributed by atoms with Gasteiger partial charge in [0, 0.05) is 31.0 Å². The van der Waals surface area contributed by atoms with Crippen molar-refractivity contribution in [2.24, 2.45) is 5.92 Å². The summed E-state index contributed by atoms with van der Waals surface area (Å²) in [7, 11) is 0. The van der Waals surface area contributed by atoms with E-state index in [1.807, 2.05) is 24.4 Å². The van der Waals surface area contributed by atoms with Crippen LogP contribution in [0, 0.1) is 5.92 Å². The van der Waals surface area contributed by atoms with Gasteiger partial charge in [0.25, 0.3) is 0 Å². The van der Waals surface area contributed by atoms with Crippen molar-refractivity contribution in [1.29, 1.82) is 0 Å². The van der Waals surface area contributed by atoms with Crippen LogP contribution in [0.3, 0.4) is 0 Å². The van der Waals surface area contributed by atoms with Gasteiger partial charge in [-0.05, 0) is 36.5 Å². The van der Waals surface area contributed by atoms with Gasteiger partial charge in [0.05, 0.1) is 6.54 Å². The lowest BCUT2D eigenvalue weighted by atomic mass is 10.00. The van der Waals surface area contributed by atoms with Gasteiger partial charge in [-0.2, -0.15) is 0 Å². The number of rotatable bonds is 4. The first-order valence-corrected chi connectivity index (χ1v) is 8.94. The van der Waals surface area contributed by atoms with Crippen LogP contribution in [-0.4, -0.2) is 32.8 Å². The Labute approximate surface area is 148 Å². The summed E-state index contributed by atoms with van der Waals surface area (Å²) in [5.74, 6) is 2.64. The number of hydrogen-bond donors (Lipinski definition) is 0. The van der Waals surface area contributed by atoms with Gasteiger partial charge >= 0.3 is 0 Å². The van der Waals surface area contributed by atoms with E-state index in [-0.39, 0.29) is 0 Å². The zero-order valence-corrected chi connectivity index (χ0v) is 14.5. The summed E-state index contributed by atoms with van der Waals surface area (Å²) < 4.78 is 2.22. The number of hydrogen-bond acceptors (Lipinski definition) is 4. The van der Waals surface area contributed by atoms with Crippen molar-refractivity contribution >= 4 is 5.95 Å². The number of nitrogens with zero attached hydrogens (tertiary/aromatic N) is 5. The maximum absolute atomic E-state index is 4.55. The van der Waals surface area contributed by atoms with Crippen LogP contribution in [-0.2, 0) is 6.54 Å². The normalized spacial score (nSPS) is 15.5. The molecule has 5 nitrogen and oxygen atoms in total. The van der Waals surface area contributed by atoms with Crippen LogP contribution < -0.4 is 4.90 Å². The molecule has 1 aliphatic heterocycles. The summed E-state index contributed by atoms with van der Waals surface area (Å²) in [4.78, 5) is 6.62. The molecular weight excluding hydrogens is 310 g/mol. The molecule has 0 saturated carbocycles. The molecule has 0 aliphatic carbocycles. The molecular formula is C20H23N5. The van der Waals surface area contributed by atoms with E-state index in [1.54, 1.807) is 6.20 Å². The van der Waals surface area contributed by atoms with Gasteiger partial charge in [-0.15, -0.1) is 10.2 Å². The number of piperidine rings is 1. The van der Waals surface area contributed by atoms with Crippen molar-refractivity contribution in [2.45, 2.75) is 26.3 Å². The number of benzene rings is 1. The maximum atomic E-state index is 4.55. The molecule has 0 radical (unpaired) electrons. The molecule has 1 aromatic carbocycles. The summed E-state index contributed by atoms with van der Waals surface area (Å²) in [5.41, 5.74) is 2.25. The lowest BCUT2D eigenvalue weighted by Crippen LogP contribution is -2.35. The fourth-order valence-corrected chi connectivity index (χ4v) is 3.36. The molecule has 0 unspecified atom stereocenters. The minimum absolute atomic E-state index is 0.763. The van der Waals surface area contributed by atoms with Crippen molar-refractivity contribution in [3.8, 4) is 11.4 Å². The summed E-state index contributed by atoms with van der Waals surface area (Å²) >= 11 is 0. The SMILES string of the molecule is CC1CCN(c2nnc(-c3cccnc3)n2Cc2ccccc2)CC1. The van der Waals surface area contributed by atoms with Gasteiger partial charge in [0.1, 0.15) is 0 Å². The van der Waals surface area contributed by atoms with Gasteiger partial charge < -0.3 is 4.90 Å². The Morgan fingerprint density at radius 2 is 1.80 bits per heavy atom. The fourth-order valence-electron chi connectivity index (χ4n) is 3.36. The van der Waals surface area contributed by atoms with E-state index in [9.17, 15) is 0 Å². The van der Waals surface area contributed by atoms with E-state index in [4.69, 9.17) is 0 Å². The van der Waals surface area contributed by atoms with Gasteiger partial charge in [0.2, 0.25) is 5.95 Å². The summed E-state index contributed by atoms with van der Waals surface area (Å²) in [5, 5.41) is 9.06. The highest BCUT2D eigenvalue weighted by Gasteiger charge is 2.23. The highest BCUT2D eigenvalue weighted by Crippen LogP contribution is 2.27. The topological polar surface area (TPSA) is 46.8 Å². The third-order valence-electron chi connectivity index (χ3n) is 4.90. The molecule has 3 heterocycles. The van der Waals surface area contributed by atoms with E-state index in [2.05, 4.69) is 55.8 Å². The molecule has 25 heavy (non-hydrogen) atoms. The molecule has 1 aliphatic rings. The van der Waals surface area contributed by atoms with Crippen LogP contribution in [0.5, 0.6) is 0 Å². The monoisotopic (exact) mass is 333 g/mol. The molecule has 0 spiro atoms. The fraction of sp³-hybridized carbons (Fsp3) is 0.350. The number of anilines is 1. The number of pyridine rings is 1. The molecule has 4 rings (SSSR count). The van der Waals surface area contributed by atoms with E-state index in [1.165, 1.54) is 18.4 Å². The quantitative estimate of drug-likeness (QED) is 0.731. The molecule has 0 bridgehead atoms. The number of aromatic nitrogens is 4. The Hall–Kier alpha value is -2.69. The van der Waals surface area contributed by atoms with E-state index >= 15 is 0 Å². The zero-order chi connectivity index (χ0) is 17.1. The Kier molecular flexibility index (Phi) is 4.46. The molecule has 1 saturated heterocycles. The van der Waals surface area contributed by atoms with Gasteiger partial charge in [-0.3, -0.25) is 9.55 Å². The summed E-state index contributed by atoms with van der Waals surface area (Å²) in [6.45, 7) is 5.18. The Morgan fingerprint density at radius 1 is 1.00 bits per heavy atom. The molecule has 5 heteroatoms.